The first-order chi connectivity index (χ1) is 12.4. The second-order valence-corrected chi connectivity index (χ2v) is 7.14. The molecule has 2 aliphatic rings. The Morgan fingerprint density at radius 1 is 1.27 bits per heavy atom. The van der Waals surface area contributed by atoms with Crippen LogP contribution in [0.2, 0.25) is 0 Å². The van der Waals surface area contributed by atoms with Gasteiger partial charge in [-0.2, -0.15) is 0 Å². The minimum Gasteiger partial charge on any atom is -0.480 e. The fourth-order valence-electron chi connectivity index (χ4n) is 4.36. The molecule has 4 unspecified atom stereocenters. The normalized spacial score (nSPS) is 27.5. The zero-order valence-corrected chi connectivity index (χ0v) is 15.2. The van der Waals surface area contributed by atoms with Crippen LogP contribution in [-0.2, 0) is 19.1 Å². The van der Waals surface area contributed by atoms with Gasteiger partial charge in [0.15, 0.2) is 0 Å². The molecular formula is C19H24N2O5. The Labute approximate surface area is 152 Å². The van der Waals surface area contributed by atoms with E-state index >= 15 is 0 Å². The summed E-state index contributed by atoms with van der Waals surface area (Å²) < 4.78 is 4.95. The van der Waals surface area contributed by atoms with E-state index < -0.39 is 29.9 Å². The molecule has 7 nitrogen and oxygen atoms in total. The highest BCUT2D eigenvalue weighted by molar-refractivity contribution is 5.92. The van der Waals surface area contributed by atoms with Gasteiger partial charge in [-0.15, -0.1) is 0 Å². The smallest absolute Gasteiger partial charge is 0.326 e. The zero-order chi connectivity index (χ0) is 19.0. The number of Topliss-reactive ketones (excluding diaryl/α,β-unsaturated/α-hetero) is 1. The van der Waals surface area contributed by atoms with Gasteiger partial charge in [-0.25, -0.2) is 4.79 Å². The molecule has 0 radical (unpaired) electrons. The maximum absolute atomic E-state index is 12.7. The van der Waals surface area contributed by atoms with E-state index in [1.54, 1.807) is 0 Å². The Kier molecular flexibility index (Phi) is 5.00. The number of amides is 1. The third-order valence-electron chi connectivity index (χ3n) is 5.46. The lowest BCUT2D eigenvalue weighted by Crippen LogP contribution is -2.45. The van der Waals surface area contributed by atoms with Gasteiger partial charge in [-0.1, -0.05) is 12.1 Å². The summed E-state index contributed by atoms with van der Waals surface area (Å²) in [5, 5.41) is 9.76. The van der Waals surface area contributed by atoms with Crippen molar-refractivity contribution in [3.05, 3.63) is 29.8 Å². The van der Waals surface area contributed by atoms with Gasteiger partial charge in [0.25, 0.3) is 0 Å². The lowest BCUT2D eigenvalue weighted by Gasteiger charge is -2.31. The van der Waals surface area contributed by atoms with E-state index in [1.807, 2.05) is 43.3 Å². The van der Waals surface area contributed by atoms with E-state index in [1.165, 1.54) is 12.0 Å². The number of ketones is 1. The molecule has 1 saturated heterocycles. The molecule has 0 bridgehead atoms. The highest BCUT2D eigenvalue weighted by Gasteiger charge is 2.58. The Balaban J connectivity index is 2.06. The van der Waals surface area contributed by atoms with Crippen molar-refractivity contribution < 1.29 is 24.2 Å². The first-order valence-corrected chi connectivity index (χ1v) is 8.69. The summed E-state index contributed by atoms with van der Waals surface area (Å²) in [6.45, 7) is -0.205. The summed E-state index contributed by atoms with van der Waals surface area (Å²) in [7, 11) is 5.25. The number of aliphatic carboxylic acids is 1. The summed E-state index contributed by atoms with van der Waals surface area (Å²) in [4.78, 5) is 40.5. The average molecular weight is 360 g/mol. The Hall–Kier alpha value is -2.41. The molecule has 1 aliphatic heterocycles. The molecule has 7 heteroatoms. The molecule has 1 aromatic carbocycles. The Bertz CT molecular complexity index is 715. The fourth-order valence-corrected chi connectivity index (χ4v) is 4.36. The minimum absolute atomic E-state index is 0.0376. The topological polar surface area (TPSA) is 87.1 Å². The molecule has 1 aromatic rings. The summed E-state index contributed by atoms with van der Waals surface area (Å²) in [5.74, 6) is -2.24. The van der Waals surface area contributed by atoms with Crippen molar-refractivity contribution in [3.63, 3.8) is 0 Å². The van der Waals surface area contributed by atoms with E-state index in [2.05, 4.69) is 0 Å². The van der Waals surface area contributed by atoms with Crippen LogP contribution in [0.4, 0.5) is 5.69 Å². The number of anilines is 1. The number of carbonyl (C=O) groups is 3. The number of carboxylic acid groups (broad SMARTS) is 1. The SMILES string of the molecule is COCC(=O)N1C(C(=O)O)C2CCC(=O)C2C1c1ccc(N(C)C)cc1. The molecule has 0 spiro atoms. The monoisotopic (exact) mass is 360 g/mol. The van der Waals surface area contributed by atoms with Gasteiger partial charge < -0.3 is 19.6 Å². The third kappa shape index (κ3) is 2.96. The minimum atomic E-state index is -1.06. The number of carbonyl (C=O) groups excluding carboxylic acids is 2. The molecule has 3 rings (SSSR count). The van der Waals surface area contributed by atoms with E-state index in [0.29, 0.717) is 12.8 Å². The molecule has 26 heavy (non-hydrogen) atoms. The van der Waals surface area contributed by atoms with Gasteiger partial charge >= 0.3 is 5.97 Å². The van der Waals surface area contributed by atoms with Gasteiger partial charge in [0.05, 0.1) is 6.04 Å². The summed E-state index contributed by atoms with van der Waals surface area (Å²) in [6.07, 6.45) is 0.876. The number of ether oxygens (including phenoxy) is 1. The van der Waals surface area contributed by atoms with Crippen molar-refractivity contribution in [1.29, 1.82) is 0 Å². The molecule has 1 saturated carbocycles. The number of fused-ring (bicyclic) bond motifs is 1. The summed E-state index contributed by atoms with van der Waals surface area (Å²) in [6, 6.07) is 6.02. The van der Waals surface area contributed by atoms with Crippen molar-refractivity contribution in [2.45, 2.75) is 24.9 Å². The molecule has 140 valence electrons. The number of methoxy groups -OCH3 is 1. The van der Waals surface area contributed by atoms with Crippen molar-refractivity contribution in [3.8, 4) is 0 Å². The Morgan fingerprint density at radius 3 is 2.46 bits per heavy atom. The average Bonchev–Trinajstić information content (AvgIpc) is 3.13. The maximum Gasteiger partial charge on any atom is 0.326 e. The number of nitrogens with zero attached hydrogens (tertiary/aromatic N) is 2. The highest BCUT2D eigenvalue weighted by Crippen LogP contribution is 2.51. The van der Waals surface area contributed by atoms with Crippen molar-refractivity contribution in [2.75, 3.05) is 32.7 Å². The van der Waals surface area contributed by atoms with Gasteiger partial charge in [0, 0.05) is 45.1 Å². The van der Waals surface area contributed by atoms with Crippen LogP contribution < -0.4 is 4.90 Å². The van der Waals surface area contributed by atoms with Crippen molar-refractivity contribution in [2.24, 2.45) is 11.8 Å². The number of rotatable bonds is 5. The van der Waals surface area contributed by atoms with Crippen molar-refractivity contribution in [1.82, 2.24) is 4.90 Å². The van der Waals surface area contributed by atoms with Crippen LogP contribution in [0.5, 0.6) is 0 Å². The fraction of sp³-hybridized carbons (Fsp3) is 0.526. The highest BCUT2D eigenvalue weighted by atomic mass is 16.5. The lowest BCUT2D eigenvalue weighted by molar-refractivity contribution is -0.152. The quantitative estimate of drug-likeness (QED) is 0.852. The number of likely N-dealkylation sites (tertiary alicyclic amines) is 1. The van der Waals surface area contributed by atoms with Crippen LogP contribution in [0, 0.1) is 11.8 Å². The third-order valence-corrected chi connectivity index (χ3v) is 5.46. The molecule has 4 atom stereocenters. The molecule has 2 fully saturated rings. The van der Waals surface area contributed by atoms with Gasteiger partial charge in [0.2, 0.25) is 5.91 Å². The van der Waals surface area contributed by atoms with Crippen LogP contribution >= 0.6 is 0 Å². The zero-order valence-electron chi connectivity index (χ0n) is 15.2. The molecule has 1 N–H and O–H groups in total. The number of benzene rings is 1. The summed E-state index contributed by atoms with van der Waals surface area (Å²) in [5.41, 5.74) is 1.78. The number of hydrogen-bond acceptors (Lipinski definition) is 5. The van der Waals surface area contributed by atoms with Crippen LogP contribution in [0.1, 0.15) is 24.4 Å². The summed E-state index contributed by atoms with van der Waals surface area (Å²) >= 11 is 0. The number of hydrogen-bond donors (Lipinski definition) is 1. The second-order valence-electron chi connectivity index (χ2n) is 7.14. The van der Waals surface area contributed by atoms with E-state index in [4.69, 9.17) is 4.74 Å². The van der Waals surface area contributed by atoms with Crippen LogP contribution in [-0.4, -0.2) is 61.5 Å². The van der Waals surface area contributed by atoms with Crippen LogP contribution in [0.3, 0.4) is 0 Å². The Morgan fingerprint density at radius 2 is 1.92 bits per heavy atom. The molecule has 1 heterocycles. The van der Waals surface area contributed by atoms with E-state index in [0.717, 1.165) is 11.3 Å². The van der Waals surface area contributed by atoms with Gasteiger partial charge in [-0.3, -0.25) is 9.59 Å². The molecule has 1 amide bonds. The standard InChI is InChI=1S/C19H24N2O5/c1-20(2)12-6-4-11(5-7-12)17-16-13(8-9-14(16)22)18(19(24)25)21(17)15(23)10-26-3/h4-7,13,16-18H,8-10H2,1-3H3,(H,24,25). The molecular weight excluding hydrogens is 336 g/mol. The van der Waals surface area contributed by atoms with Gasteiger partial charge in [0.1, 0.15) is 18.4 Å². The lowest BCUT2D eigenvalue weighted by atomic mass is 9.86. The maximum atomic E-state index is 12.7. The van der Waals surface area contributed by atoms with Crippen molar-refractivity contribution >= 4 is 23.3 Å². The van der Waals surface area contributed by atoms with E-state index in [-0.39, 0.29) is 18.3 Å². The van der Waals surface area contributed by atoms with Crippen LogP contribution in [0.25, 0.3) is 0 Å². The first kappa shape index (κ1) is 18.4. The van der Waals surface area contributed by atoms with E-state index in [9.17, 15) is 19.5 Å². The van der Waals surface area contributed by atoms with Gasteiger partial charge in [-0.05, 0) is 24.1 Å². The second kappa shape index (κ2) is 7.07. The molecule has 1 aliphatic carbocycles. The van der Waals surface area contributed by atoms with Crippen LogP contribution in [0.15, 0.2) is 24.3 Å². The largest absolute Gasteiger partial charge is 0.480 e. The number of carboxylic acids is 1. The predicted molar refractivity (Wildman–Crippen MR) is 94.9 cm³/mol. The predicted octanol–water partition coefficient (Wildman–Crippen LogP) is 1.33. The molecule has 0 aromatic heterocycles. The first-order valence-electron chi connectivity index (χ1n) is 8.69.